The predicted octanol–water partition coefficient (Wildman–Crippen LogP) is 1.55. The molecule has 8 heteroatoms. The minimum atomic E-state index is -0.647. The van der Waals surface area contributed by atoms with Gasteiger partial charge in [0.05, 0.1) is 16.7 Å². The minimum absolute atomic E-state index is 0.0222. The summed E-state index contributed by atoms with van der Waals surface area (Å²) >= 11 is 0. The number of pyridine rings is 1. The lowest BCUT2D eigenvalue weighted by molar-refractivity contribution is -0.384. The number of aliphatic hydroxyl groups is 1. The van der Waals surface area contributed by atoms with Crippen LogP contribution in [-0.4, -0.2) is 70.2 Å². The molecule has 1 saturated heterocycles. The van der Waals surface area contributed by atoms with Crippen LogP contribution in [0.4, 0.5) is 5.69 Å². The highest BCUT2D eigenvalue weighted by Crippen LogP contribution is 2.19. The summed E-state index contributed by atoms with van der Waals surface area (Å²) in [7, 11) is 0. The van der Waals surface area contributed by atoms with Crippen LogP contribution in [0, 0.1) is 10.1 Å². The molecule has 2 heterocycles. The molecular weight excluding hydrogens is 348 g/mol. The zero-order valence-corrected chi connectivity index (χ0v) is 15.1. The van der Waals surface area contributed by atoms with Gasteiger partial charge in [0.2, 0.25) is 0 Å². The monoisotopic (exact) mass is 372 g/mol. The first kappa shape index (κ1) is 19.2. The predicted molar refractivity (Wildman–Crippen MR) is 101 cm³/mol. The number of nitrogens with zero attached hydrogens (tertiary/aromatic N) is 4. The van der Waals surface area contributed by atoms with Crippen molar-refractivity contribution in [3.05, 3.63) is 64.5 Å². The van der Waals surface area contributed by atoms with Crippen molar-refractivity contribution in [2.45, 2.75) is 12.6 Å². The molecule has 144 valence electrons. The largest absolute Gasteiger partial charge is 0.491 e. The number of benzene rings is 1. The minimum Gasteiger partial charge on any atom is -0.491 e. The summed E-state index contributed by atoms with van der Waals surface area (Å²) < 4.78 is 5.50. The third-order valence-electron chi connectivity index (χ3n) is 4.52. The lowest BCUT2D eigenvalue weighted by Crippen LogP contribution is -2.48. The highest BCUT2D eigenvalue weighted by Gasteiger charge is 2.20. The first-order valence-electron chi connectivity index (χ1n) is 9.00. The summed E-state index contributed by atoms with van der Waals surface area (Å²) in [5.41, 5.74) is 1.04. The fraction of sp³-hybridized carbons (Fsp3) is 0.421. The smallest absolute Gasteiger partial charge is 0.273 e. The molecule has 0 amide bonds. The van der Waals surface area contributed by atoms with Crippen LogP contribution in [0.1, 0.15) is 5.69 Å². The maximum atomic E-state index is 10.8. The molecule has 1 aromatic heterocycles. The molecule has 1 unspecified atom stereocenters. The Kier molecular flexibility index (Phi) is 6.69. The Morgan fingerprint density at radius 2 is 1.93 bits per heavy atom. The number of piperazine rings is 1. The van der Waals surface area contributed by atoms with E-state index in [1.54, 1.807) is 12.1 Å². The summed E-state index contributed by atoms with van der Waals surface area (Å²) in [5, 5.41) is 21.0. The number of ether oxygens (including phenoxy) is 1. The van der Waals surface area contributed by atoms with Gasteiger partial charge in [-0.1, -0.05) is 12.1 Å². The molecule has 8 nitrogen and oxygen atoms in total. The van der Waals surface area contributed by atoms with Crippen molar-refractivity contribution in [2.24, 2.45) is 0 Å². The maximum Gasteiger partial charge on any atom is 0.273 e. The Labute approximate surface area is 158 Å². The number of non-ortho nitro benzene ring substituents is 1. The van der Waals surface area contributed by atoms with E-state index in [1.165, 1.54) is 12.1 Å². The maximum absolute atomic E-state index is 10.8. The van der Waals surface area contributed by atoms with Gasteiger partial charge in [0.25, 0.3) is 5.69 Å². The first-order chi connectivity index (χ1) is 13.1. The Morgan fingerprint density at radius 1 is 1.15 bits per heavy atom. The van der Waals surface area contributed by atoms with Gasteiger partial charge in [0, 0.05) is 51.5 Å². The lowest BCUT2D eigenvalue weighted by Gasteiger charge is -2.35. The van der Waals surface area contributed by atoms with E-state index in [2.05, 4.69) is 14.8 Å². The Hall–Kier alpha value is -2.55. The molecular formula is C19H24N4O4. The van der Waals surface area contributed by atoms with Crippen LogP contribution in [-0.2, 0) is 6.54 Å². The molecule has 1 aliphatic rings. The van der Waals surface area contributed by atoms with Crippen LogP contribution >= 0.6 is 0 Å². The van der Waals surface area contributed by atoms with Gasteiger partial charge >= 0.3 is 0 Å². The highest BCUT2D eigenvalue weighted by molar-refractivity contribution is 5.37. The van der Waals surface area contributed by atoms with Crippen LogP contribution < -0.4 is 4.74 Å². The van der Waals surface area contributed by atoms with Gasteiger partial charge in [-0.15, -0.1) is 0 Å². The van der Waals surface area contributed by atoms with Gasteiger partial charge in [0.15, 0.2) is 0 Å². The van der Waals surface area contributed by atoms with Crippen LogP contribution in [0.3, 0.4) is 0 Å². The third-order valence-corrected chi connectivity index (χ3v) is 4.52. The topological polar surface area (TPSA) is 92.0 Å². The zero-order valence-electron chi connectivity index (χ0n) is 15.1. The van der Waals surface area contributed by atoms with E-state index in [-0.39, 0.29) is 12.3 Å². The number of aromatic nitrogens is 1. The van der Waals surface area contributed by atoms with E-state index >= 15 is 0 Å². The summed E-state index contributed by atoms with van der Waals surface area (Å²) in [6.45, 7) is 5.07. The Bertz CT molecular complexity index is 735. The fourth-order valence-corrected chi connectivity index (χ4v) is 3.08. The molecule has 2 aromatic rings. The van der Waals surface area contributed by atoms with E-state index < -0.39 is 11.0 Å². The van der Waals surface area contributed by atoms with Crippen molar-refractivity contribution in [2.75, 3.05) is 39.3 Å². The molecule has 27 heavy (non-hydrogen) atoms. The summed E-state index contributed by atoms with van der Waals surface area (Å²) in [6.07, 6.45) is 1.16. The van der Waals surface area contributed by atoms with Crippen molar-refractivity contribution in [1.29, 1.82) is 0 Å². The van der Waals surface area contributed by atoms with Gasteiger partial charge in [-0.05, 0) is 18.2 Å². The number of hydrogen-bond donors (Lipinski definition) is 1. The average Bonchev–Trinajstić information content (AvgIpc) is 2.69. The van der Waals surface area contributed by atoms with E-state index in [0.717, 1.165) is 38.4 Å². The Balaban J connectivity index is 1.38. The van der Waals surface area contributed by atoms with E-state index in [0.29, 0.717) is 12.3 Å². The van der Waals surface area contributed by atoms with Crippen molar-refractivity contribution >= 4 is 5.69 Å². The van der Waals surface area contributed by atoms with Gasteiger partial charge in [-0.25, -0.2) is 0 Å². The second-order valence-corrected chi connectivity index (χ2v) is 6.62. The van der Waals surface area contributed by atoms with E-state index in [4.69, 9.17) is 4.74 Å². The molecule has 0 radical (unpaired) electrons. The molecule has 0 aliphatic carbocycles. The molecule has 1 aromatic carbocycles. The number of β-amino-alcohol motifs (C(OH)–C–C–N with tert-alkyl or cyclic N) is 1. The summed E-state index contributed by atoms with van der Waals surface area (Å²) in [6, 6.07) is 11.9. The molecule has 1 fully saturated rings. The van der Waals surface area contributed by atoms with Crippen LogP contribution in [0.15, 0.2) is 48.7 Å². The molecule has 1 N–H and O–H groups in total. The third kappa shape index (κ3) is 5.99. The summed E-state index contributed by atoms with van der Waals surface area (Å²) in [4.78, 5) is 19.2. The molecule has 0 bridgehead atoms. The SMILES string of the molecule is O=[N+]([O-])c1cccc(OCC(O)CN2CCN(Cc3ccccn3)CC2)c1. The number of nitro benzene ring substituents is 1. The number of nitro groups is 1. The van der Waals surface area contributed by atoms with Gasteiger partial charge in [-0.3, -0.25) is 24.9 Å². The first-order valence-corrected chi connectivity index (χ1v) is 9.00. The molecule has 1 atom stereocenters. The standard InChI is InChI=1S/C19H24N4O4/c24-18(15-27-19-6-3-5-17(12-19)23(25)26)14-22-10-8-21(9-11-22)13-16-4-1-2-7-20-16/h1-7,12,18,24H,8-11,13-15H2. The normalized spacial score (nSPS) is 16.8. The van der Waals surface area contributed by atoms with E-state index in [1.807, 2.05) is 24.4 Å². The van der Waals surface area contributed by atoms with Crippen molar-refractivity contribution < 1.29 is 14.8 Å². The average molecular weight is 372 g/mol. The zero-order chi connectivity index (χ0) is 19.1. The van der Waals surface area contributed by atoms with E-state index in [9.17, 15) is 15.2 Å². The second-order valence-electron chi connectivity index (χ2n) is 6.62. The lowest BCUT2D eigenvalue weighted by atomic mass is 10.2. The summed E-state index contributed by atoms with van der Waals surface area (Å²) in [5.74, 6) is 0.392. The van der Waals surface area contributed by atoms with Gasteiger partial charge < -0.3 is 9.84 Å². The van der Waals surface area contributed by atoms with Gasteiger partial charge in [0.1, 0.15) is 18.5 Å². The Morgan fingerprint density at radius 3 is 2.63 bits per heavy atom. The van der Waals surface area contributed by atoms with Crippen molar-refractivity contribution in [1.82, 2.24) is 14.8 Å². The molecule has 0 spiro atoms. The number of aliphatic hydroxyl groups excluding tert-OH is 1. The molecule has 0 saturated carbocycles. The second kappa shape index (κ2) is 9.40. The van der Waals surface area contributed by atoms with Crippen LogP contribution in [0.2, 0.25) is 0 Å². The van der Waals surface area contributed by atoms with Crippen LogP contribution in [0.25, 0.3) is 0 Å². The molecule has 3 rings (SSSR count). The molecule has 1 aliphatic heterocycles. The number of hydrogen-bond acceptors (Lipinski definition) is 7. The van der Waals surface area contributed by atoms with Crippen molar-refractivity contribution in [3.8, 4) is 5.75 Å². The van der Waals surface area contributed by atoms with Crippen molar-refractivity contribution in [3.63, 3.8) is 0 Å². The fourth-order valence-electron chi connectivity index (χ4n) is 3.08. The highest BCUT2D eigenvalue weighted by atomic mass is 16.6. The number of rotatable bonds is 8. The van der Waals surface area contributed by atoms with Crippen LogP contribution in [0.5, 0.6) is 5.75 Å². The van der Waals surface area contributed by atoms with Gasteiger partial charge in [-0.2, -0.15) is 0 Å². The quantitative estimate of drug-likeness (QED) is 0.555.